The average Bonchev–Trinajstić information content (AvgIpc) is 2.76. The number of benzene rings is 3. The van der Waals surface area contributed by atoms with E-state index in [9.17, 15) is 9.18 Å². The zero-order valence-electron chi connectivity index (χ0n) is 17.4. The van der Waals surface area contributed by atoms with Crippen molar-refractivity contribution < 1.29 is 18.7 Å². The molecule has 3 aromatic carbocycles. The number of hydrogen-bond acceptors (Lipinski definition) is 3. The zero-order chi connectivity index (χ0) is 21.5. The molecular weight excluding hydrogens is 379 g/mol. The van der Waals surface area contributed by atoms with Crippen molar-refractivity contribution in [2.45, 2.75) is 26.4 Å². The Morgan fingerprint density at radius 2 is 1.73 bits per heavy atom. The summed E-state index contributed by atoms with van der Waals surface area (Å²) in [6.07, 6.45) is 3.98. The number of halogens is 1. The monoisotopic (exact) mass is 404 g/mol. The topological polar surface area (TPSA) is 35.5 Å². The number of rotatable bonds is 8. The molecule has 0 saturated heterocycles. The Labute approximate surface area is 176 Å². The molecule has 0 spiro atoms. The van der Waals surface area contributed by atoms with Crippen LogP contribution in [0.2, 0.25) is 0 Å². The Morgan fingerprint density at radius 3 is 2.33 bits per heavy atom. The van der Waals surface area contributed by atoms with E-state index >= 15 is 0 Å². The molecule has 3 rings (SSSR count). The zero-order valence-corrected chi connectivity index (χ0v) is 17.4. The van der Waals surface area contributed by atoms with Crippen LogP contribution < -0.4 is 9.47 Å². The number of aldehydes is 1. The lowest BCUT2D eigenvalue weighted by Gasteiger charge is -2.22. The van der Waals surface area contributed by atoms with Gasteiger partial charge >= 0.3 is 0 Å². The van der Waals surface area contributed by atoms with E-state index in [1.54, 1.807) is 25.3 Å². The Balaban J connectivity index is 2.24. The number of allylic oxidation sites excluding steroid dienone is 1. The molecule has 0 heterocycles. The van der Waals surface area contributed by atoms with Crippen LogP contribution in [0.5, 0.6) is 11.5 Å². The lowest BCUT2D eigenvalue weighted by atomic mass is 9.88. The van der Waals surface area contributed by atoms with Crippen molar-refractivity contribution >= 4 is 12.4 Å². The largest absolute Gasteiger partial charge is 0.493 e. The summed E-state index contributed by atoms with van der Waals surface area (Å²) in [6.45, 7) is 4.50. The highest BCUT2D eigenvalue weighted by Crippen LogP contribution is 2.45. The highest BCUT2D eigenvalue weighted by atomic mass is 19.1. The van der Waals surface area contributed by atoms with Crippen molar-refractivity contribution in [2.75, 3.05) is 7.11 Å². The van der Waals surface area contributed by atoms with Crippen molar-refractivity contribution in [2.24, 2.45) is 0 Å². The van der Waals surface area contributed by atoms with Gasteiger partial charge in [0.2, 0.25) is 0 Å². The predicted octanol–water partition coefficient (Wildman–Crippen LogP) is 6.42. The fraction of sp³-hybridized carbons (Fsp3) is 0.192. The van der Waals surface area contributed by atoms with Crippen molar-refractivity contribution in [3.63, 3.8) is 0 Å². The molecule has 0 aliphatic rings. The molecule has 0 atom stereocenters. The summed E-state index contributed by atoms with van der Waals surface area (Å²) in [5, 5.41) is 0. The maximum absolute atomic E-state index is 13.6. The molecule has 4 heteroatoms. The normalized spacial score (nSPS) is 11.1. The Bertz CT molecular complexity index is 1020. The predicted molar refractivity (Wildman–Crippen MR) is 118 cm³/mol. The molecule has 0 unspecified atom stereocenters. The summed E-state index contributed by atoms with van der Waals surface area (Å²) < 4.78 is 25.5. The summed E-state index contributed by atoms with van der Waals surface area (Å²) in [5.41, 5.74) is 4.43. The second-order valence-corrected chi connectivity index (χ2v) is 7.22. The third-order valence-electron chi connectivity index (χ3n) is 4.86. The first-order valence-electron chi connectivity index (χ1n) is 9.84. The van der Waals surface area contributed by atoms with Gasteiger partial charge in [0.15, 0.2) is 11.5 Å². The third kappa shape index (κ3) is 4.77. The molecule has 30 heavy (non-hydrogen) atoms. The molecule has 3 nitrogen and oxygen atoms in total. The van der Waals surface area contributed by atoms with Gasteiger partial charge in [0.1, 0.15) is 18.7 Å². The standard InChI is InChI=1S/C26H25FO3/c1-18(2)23-16-24(29-3)26(30-17-19-8-5-4-6-9-19)25(22(23)10-7-15-28)20-11-13-21(27)14-12-20/h4-16,18H,17H2,1-3H3. The molecule has 0 bridgehead atoms. The second kappa shape index (κ2) is 9.88. The van der Waals surface area contributed by atoms with Crippen LogP contribution in [0, 0.1) is 5.82 Å². The van der Waals surface area contributed by atoms with Crippen LogP contribution in [0.4, 0.5) is 4.39 Å². The summed E-state index contributed by atoms with van der Waals surface area (Å²) >= 11 is 0. The lowest BCUT2D eigenvalue weighted by molar-refractivity contribution is -0.104. The fourth-order valence-electron chi connectivity index (χ4n) is 3.39. The summed E-state index contributed by atoms with van der Waals surface area (Å²) in [5.74, 6) is 1.01. The number of carbonyl (C=O) groups excluding carboxylic acids is 1. The van der Waals surface area contributed by atoms with E-state index in [4.69, 9.17) is 9.47 Å². The SMILES string of the molecule is COc1cc(C(C)C)c(C=CC=O)c(-c2ccc(F)cc2)c1OCc1ccccc1. The molecule has 0 fully saturated rings. The van der Waals surface area contributed by atoms with Crippen molar-refractivity contribution in [1.82, 2.24) is 0 Å². The molecule has 0 saturated carbocycles. The van der Waals surface area contributed by atoms with Gasteiger partial charge in [-0.05, 0) is 52.4 Å². The highest BCUT2D eigenvalue weighted by molar-refractivity contribution is 5.87. The maximum atomic E-state index is 13.6. The number of methoxy groups -OCH3 is 1. The molecule has 0 radical (unpaired) electrons. The van der Waals surface area contributed by atoms with E-state index < -0.39 is 0 Å². The first kappa shape index (κ1) is 21.3. The highest BCUT2D eigenvalue weighted by Gasteiger charge is 2.22. The van der Waals surface area contributed by atoms with Gasteiger partial charge < -0.3 is 9.47 Å². The van der Waals surface area contributed by atoms with Gasteiger partial charge in [-0.3, -0.25) is 4.79 Å². The van der Waals surface area contributed by atoms with E-state index in [0.717, 1.165) is 34.1 Å². The summed E-state index contributed by atoms with van der Waals surface area (Å²) in [4.78, 5) is 11.1. The minimum Gasteiger partial charge on any atom is -0.493 e. The van der Waals surface area contributed by atoms with Crippen molar-refractivity contribution in [1.29, 1.82) is 0 Å². The molecular formula is C26H25FO3. The molecule has 154 valence electrons. The Hall–Kier alpha value is -3.40. The quantitative estimate of drug-likeness (QED) is 0.321. The van der Waals surface area contributed by atoms with Gasteiger partial charge in [-0.25, -0.2) is 4.39 Å². The summed E-state index contributed by atoms with van der Waals surface area (Å²) in [6, 6.07) is 18.0. The Kier molecular flexibility index (Phi) is 7.02. The molecule has 0 N–H and O–H groups in total. The van der Waals surface area contributed by atoms with Crippen LogP contribution in [0.15, 0.2) is 66.7 Å². The molecule has 0 aromatic heterocycles. The third-order valence-corrected chi connectivity index (χ3v) is 4.86. The molecule has 3 aromatic rings. The smallest absolute Gasteiger partial charge is 0.170 e. The van der Waals surface area contributed by atoms with Crippen LogP contribution in [0.25, 0.3) is 17.2 Å². The lowest BCUT2D eigenvalue weighted by Crippen LogP contribution is -2.04. The molecule has 0 aliphatic heterocycles. The van der Waals surface area contributed by atoms with Crippen LogP contribution in [0.3, 0.4) is 0 Å². The fourth-order valence-corrected chi connectivity index (χ4v) is 3.39. The van der Waals surface area contributed by atoms with Gasteiger partial charge in [0.25, 0.3) is 0 Å². The van der Waals surface area contributed by atoms with E-state index in [-0.39, 0.29) is 11.7 Å². The number of carbonyl (C=O) groups is 1. The Morgan fingerprint density at radius 1 is 1.03 bits per heavy atom. The van der Waals surface area contributed by atoms with E-state index in [2.05, 4.69) is 13.8 Å². The molecule has 0 amide bonds. The maximum Gasteiger partial charge on any atom is 0.170 e. The molecule has 0 aliphatic carbocycles. The first-order valence-corrected chi connectivity index (χ1v) is 9.84. The van der Waals surface area contributed by atoms with Crippen LogP contribution >= 0.6 is 0 Å². The van der Waals surface area contributed by atoms with Crippen molar-refractivity contribution in [3.8, 4) is 22.6 Å². The van der Waals surface area contributed by atoms with E-state index in [1.807, 2.05) is 36.4 Å². The van der Waals surface area contributed by atoms with Gasteiger partial charge in [0, 0.05) is 5.56 Å². The summed E-state index contributed by atoms with van der Waals surface area (Å²) in [7, 11) is 1.60. The van der Waals surface area contributed by atoms with Crippen LogP contribution in [-0.4, -0.2) is 13.4 Å². The van der Waals surface area contributed by atoms with E-state index in [1.165, 1.54) is 18.2 Å². The minimum absolute atomic E-state index is 0.174. The van der Waals surface area contributed by atoms with Gasteiger partial charge in [0.05, 0.1) is 7.11 Å². The first-order chi connectivity index (χ1) is 14.5. The number of ether oxygens (including phenoxy) is 2. The van der Waals surface area contributed by atoms with Gasteiger partial charge in [-0.1, -0.05) is 62.4 Å². The number of hydrogen-bond donors (Lipinski definition) is 0. The van der Waals surface area contributed by atoms with Crippen molar-refractivity contribution in [3.05, 3.63) is 89.2 Å². The van der Waals surface area contributed by atoms with Gasteiger partial charge in [-0.2, -0.15) is 0 Å². The second-order valence-electron chi connectivity index (χ2n) is 7.22. The van der Waals surface area contributed by atoms with E-state index in [0.29, 0.717) is 18.1 Å². The van der Waals surface area contributed by atoms with Crippen LogP contribution in [0.1, 0.15) is 36.5 Å². The van der Waals surface area contributed by atoms with Gasteiger partial charge in [-0.15, -0.1) is 0 Å². The van der Waals surface area contributed by atoms with Crippen LogP contribution in [-0.2, 0) is 11.4 Å². The average molecular weight is 404 g/mol. The minimum atomic E-state index is -0.317.